The number of nitrogens with two attached hydrogens (primary N) is 1. The largest absolute Gasteiger partial charge is 0.389 e. The number of ether oxygens (including phenoxy) is 1. The van der Waals surface area contributed by atoms with Crippen molar-refractivity contribution in [3.05, 3.63) is 23.9 Å². The smallest absolute Gasteiger partial charge is 0.126 e. The van der Waals surface area contributed by atoms with Gasteiger partial charge in [-0.2, -0.15) is 0 Å². The molecule has 0 spiro atoms. The lowest BCUT2D eigenvalue weighted by atomic mass is 10.2. The summed E-state index contributed by atoms with van der Waals surface area (Å²) < 4.78 is 5.47. The fraction of sp³-hybridized carbons (Fsp3) is 0.538. The number of nitrogens with zero attached hydrogens (tertiary/aromatic N) is 1. The van der Waals surface area contributed by atoms with E-state index in [0.29, 0.717) is 11.1 Å². The molecule has 0 saturated carbocycles. The fourth-order valence-corrected chi connectivity index (χ4v) is 1.57. The maximum atomic E-state index is 5.56. The summed E-state index contributed by atoms with van der Waals surface area (Å²) in [5.74, 6) is 0.810. The highest BCUT2D eigenvalue weighted by molar-refractivity contribution is 7.80. The molecule has 0 radical (unpaired) electrons. The van der Waals surface area contributed by atoms with Gasteiger partial charge in [-0.25, -0.2) is 4.98 Å². The van der Waals surface area contributed by atoms with Crippen molar-refractivity contribution in [1.82, 2.24) is 4.98 Å². The molecule has 100 valence electrons. The molecule has 0 atom stereocenters. The van der Waals surface area contributed by atoms with Crippen molar-refractivity contribution in [3.8, 4) is 0 Å². The van der Waals surface area contributed by atoms with Gasteiger partial charge in [-0.1, -0.05) is 12.2 Å². The van der Waals surface area contributed by atoms with Crippen LogP contribution in [0.2, 0.25) is 0 Å². The topological polar surface area (TPSA) is 60.2 Å². The van der Waals surface area contributed by atoms with Crippen molar-refractivity contribution in [3.63, 3.8) is 0 Å². The minimum Gasteiger partial charge on any atom is -0.389 e. The zero-order valence-electron chi connectivity index (χ0n) is 11.0. The van der Waals surface area contributed by atoms with E-state index >= 15 is 0 Å². The van der Waals surface area contributed by atoms with Crippen LogP contribution in [-0.2, 0) is 4.74 Å². The van der Waals surface area contributed by atoms with Crippen LogP contribution in [0.4, 0.5) is 5.82 Å². The van der Waals surface area contributed by atoms with Crippen molar-refractivity contribution in [1.29, 1.82) is 0 Å². The molecule has 1 aromatic rings. The lowest BCUT2D eigenvalue weighted by molar-refractivity contribution is 0.0765. The second kappa shape index (κ2) is 8.00. The van der Waals surface area contributed by atoms with E-state index in [9.17, 15) is 0 Å². The lowest BCUT2D eigenvalue weighted by Gasteiger charge is -2.08. The summed E-state index contributed by atoms with van der Waals surface area (Å²) in [5, 5.41) is 3.25. The molecule has 5 heteroatoms. The van der Waals surface area contributed by atoms with E-state index in [-0.39, 0.29) is 0 Å². The molecule has 1 aromatic heterocycles. The molecular formula is C13H21N3OS. The third-order valence-corrected chi connectivity index (χ3v) is 2.61. The standard InChI is InChI=1S/C13H21N3OS/c1-10(2)17-8-4-3-6-15-12-9-11(13(14)18)5-7-16-12/h5,7,9-10H,3-4,6,8H2,1-2H3,(H2,14,18)(H,15,16). The molecule has 0 aliphatic rings. The molecule has 4 nitrogen and oxygen atoms in total. The molecule has 0 aliphatic carbocycles. The Balaban J connectivity index is 2.23. The predicted octanol–water partition coefficient (Wildman–Crippen LogP) is 2.33. The number of hydrogen-bond acceptors (Lipinski definition) is 4. The van der Waals surface area contributed by atoms with Gasteiger partial charge in [0.15, 0.2) is 0 Å². The van der Waals surface area contributed by atoms with Crippen LogP contribution in [0.5, 0.6) is 0 Å². The minimum atomic E-state index is 0.307. The van der Waals surface area contributed by atoms with Crippen LogP contribution in [0.3, 0.4) is 0 Å². The Morgan fingerprint density at radius 3 is 2.94 bits per heavy atom. The molecular weight excluding hydrogens is 246 g/mol. The third-order valence-electron chi connectivity index (χ3n) is 2.37. The number of pyridine rings is 1. The second-order valence-electron chi connectivity index (χ2n) is 4.35. The van der Waals surface area contributed by atoms with Gasteiger partial charge in [0.05, 0.1) is 6.10 Å². The Kier molecular flexibility index (Phi) is 6.60. The number of rotatable bonds is 8. The first-order valence-electron chi connectivity index (χ1n) is 6.21. The highest BCUT2D eigenvalue weighted by atomic mass is 32.1. The van der Waals surface area contributed by atoms with Gasteiger partial charge in [0, 0.05) is 24.9 Å². The first kappa shape index (κ1) is 14.9. The van der Waals surface area contributed by atoms with Gasteiger partial charge in [-0.05, 0) is 38.8 Å². The van der Waals surface area contributed by atoms with Gasteiger partial charge < -0.3 is 15.8 Å². The molecule has 0 bridgehead atoms. The highest BCUT2D eigenvalue weighted by Gasteiger charge is 1.99. The quantitative estimate of drug-likeness (QED) is 0.559. The average Bonchev–Trinajstić information content (AvgIpc) is 2.33. The first-order chi connectivity index (χ1) is 8.59. The Labute approximate surface area is 114 Å². The molecule has 0 unspecified atom stereocenters. The summed E-state index contributed by atoms with van der Waals surface area (Å²) in [6.07, 6.45) is 4.10. The number of aromatic nitrogens is 1. The van der Waals surface area contributed by atoms with Crippen molar-refractivity contribution < 1.29 is 4.74 Å². The predicted molar refractivity (Wildman–Crippen MR) is 78.9 cm³/mol. The van der Waals surface area contributed by atoms with E-state index in [1.54, 1.807) is 6.20 Å². The second-order valence-corrected chi connectivity index (χ2v) is 4.79. The van der Waals surface area contributed by atoms with Crippen LogP contribution in [0.15, 0.2) is 18.3 Å². The van der Waals surface area contributed by atoms with Crippen LogP contribution >= 0.6 is 12.2 Å². The van der Waals surface area contributed by atoms with Gasteiger partial charge in [0.1, 0.15) is 10.8 Å². The SMILES string of the molecule is CC(C)OCCCCNc1cc(C(N)=S)ccn1. The van der Waals surface area contributed by atoms with Gasteiger partial charge >= 0.3 is 0 Å². The summed E-state index contributed by atoms with van der Waals surface area (Å²) in [4.78, 5) is 4.60. The van der Waals surface area contributed by atoms with Crippen LogP contribution in [0.1, 0.15) is 32.3 Å². The van der Waals surface area contributed by atoms with Crippen LogP contribution in [-0.4, -0.2) is 29.2 Å². The molecule has 18 heavy (non-hydrogen) atoms. The van der Waals surface area contributed by atoms with Crippen LogP contribution in [0, 0.1) is 0 Å². The Hall–Kier alpha value is -1.20. The molecule has 1 rings (SSSR count). The van der Waals surface area contributed by atoms with E-state index in [2.05, 4.69) is 10.3 Å². The summed E-state index contributed by atoms with van der Waals surface area (Å²) >= 11 is 4.92. The molecule has 0 amide bonds. The number of unbranched alkanes of at least 4 members (excludes halogenated alkanes) is 1. The minimum absolute atomic E-state index is 0.307. The summed E-state index contributed by atoms with van der Waals surface area (Å²) in [5.41, 5.74) is 6.40. The Morgan fingerprint density at radius 1 is 1.50 bits per heavy atom. The van der Waals surface area contributed by atoms with Gasteiger partial charge in [-0.3, -0.25) is 0 Å². The van der Waals surface area contributed by atoms with Crippen molar-refractivity contribution >= 4 is 23.0 Å². The van der Waals surface area contributed by atoms with Gasteiger partial charge in [0.2, 0.25) is 0 Å². The zero-order chi connectivity index (χ0) is 13.4. The molecule has 3 N–H and O–H groups in total. The van der Waals surface area contributed by atoms with Gasteiger partial charge in [0.25, 0.3) is 0 Å². The first-order valence-corrected chi connectivity index (χ1v) is 6.61. The number of anilines is 1. The van der Waals surface area contributed by atoms with Crippen LogP contribution in [0.25, 0.3) is 0 Å². The fourth-order valence-electron chi connectivity index (χ4n) is 1.44. The summed E-state index contributed by atoms with van der Waals surface area (Å²) in [6.45, 7) is 5.77. The van der Waals surface area contributed by atoms with E-state index < -0.39 is 0 Å². The third kappa shape index (κ3) is 5.93. The molecule has 0 aromatic carbocycles. The van der Waals surface area contributed by atoms with E-state index in [4.69, 9.17) is 22.7 Å². The van der Waals surface area contributed by atoms with Crippen LogP contribution < -0.4 is 11.1 Å². The monoisotopic (exact) mass is 267 g/mol. The number of thiocarbonyl (C=S) groups is 1. The van der Waals surface area contributed by atoms with Crippen molar-refractivity contribution in [2.24, 2.45) is 5.73 Å². The maximum absolute atomic E-state index is 5.56. The Bertz CT molecular complexity index is 382. The van der Waals surface area contributed by atoms with E-state index in [1.807, 2.05) is 26.0 Å². The molecule has 0 saturated heterocycles. The van der Waals surface area contributed by atoms with E-state index in [1.165, 1.54) is 0 Å². The zero-order valence-corrected chi connectivity index (χ0v) is 11.8. The summed E-state index contributed by atoms with van der Waals surface area (Å²) in [6, 6.07) is 3.68. The molecule has 1 heterocycles. The van der Waals surface area contributed by atoms with Crippen molar-refractivity contribution in [2.45, 2.75) is 32.8 Å². The average molecular weight is 267 g/mol. The number of nitrogens with one attached hydrogen (secondary N) is 1. The van der Waals surface area contributed by atoms with Gasteiger partial charge in [-0.15, -0.1) is 0 Å². The lowest BCUT2D eigenvalue weighted by Crippen LogP contribution is -2.11. The number of hydrogen-bond donors (Lipinski definition) is 2. The highest BCUT2D eigenvalue weighted by Crippen LogP contribution is 2.07. The Morgan fingerprint density at radius 2 is 2.28 bits per heavy atom. The normalized spacial score (nSPS) is 10.6. The van der Waals surface area contributed by atoms with Crippen molar-refractivity contribution in [2.75, 3.05) is 18.5 Å². The summed E-state index contributed by atoms with van der Waals surface area (Å²) in [7, 11) is 0. The van der Waals surface area contributed by atoms with E-state index in [0.717, 1.165) is 37.4 Å². The molecule has 0 fully saturated rings. The molecule has 0 aliphatic heterocycles. The maximum Gasteiger partial charge on any atom is 0.126 e.